The minimum absolute atomic E-state index is 0.00393. The minimum atomic E-state index is -0.00393. The van der Waals surface area contributed by atoms with Crippen molar-refractivity contribution in [1.29, 1.82) is 0 Å². The summed E-state index contributed by atoms with van der Waals surface area (Å²) in [5.41, 5.74) is 3.82. The van der Waals surface area contributed by atoms with Crippen molar-refractivity contribution in [1.82, 2.24) is 10.1 Å². The number of carbonyl (C=O) groups excluding carboxylic acids is 1. The van der Waals surface area contributed by atoms with E-state index in [2.05, 4.69) is 28.3 Å². The van der Waals surface area contributed by atoms with E-state index in [0.29, 0.717) is 24.7 Å². The summed E-state index contributed by atoms with van der Waals surface area (Å²) in [7, 11) is 0. The third kappa shape index (κ3) is 2.54. The first kappa shape index (κ1) is 14.4. The van der Waals surface area contributed by atoms with Gasteiger partial charge in [-0.2, -0.15) is 4.98 Å². The summed E-state index contributed by atoms with van der Waals surface area (Å²) < 4.78 is 5.38. The number of fused-ring (bicyclic) bond motifs is 1. The molecule has 1 aliphatic heterocycles. The number of aryl methyl sites for hydroxylation is 2. The van der Waals surface area contributed by atoms with Crippen LogP contribution in [0.25, 0.3) is 0 Å². The van der Waals surface area contributed by atoms with E-state index in [-0.39, 0.29) is 17.7 Å². The van der Waals surface area contributed by atoms with Gasteiger partial charge in [0.15, 0.2) is 5.82 Å². The molecule has 0 unspecified atom stereocenters. The Kier molecular flexibility index (Phi) is 3.43. The van der Waals surface area contributed by atoms with Crippen molar-refractivity contribution in [3.05, 3.63) is 41.0 Å². The third-order valence-corrected chi connectivity index (χ3v) is 4.84. The number of hydrogen-bond acceptors (Lipinski definition) is 4. The van der Waals surface area contributed by atoms with Crippen LogP contribution >= 0.6 is 0 Å². The highest BCUT2D eigenvalue weighted by Crippen LogP contribution is 2.34. The number of nitrogens with zero attached hydrogens (tertiary/aromatic N) is 3. The maximum Gasteiger partial charge on any atom is 0.232 e. The molecule has 2 heterocycles. The molecule has 1 aromatic carbocycles. The van der Waals surface area contributed by atoms with Gasteiger partial charge in [-0.3, -0.25) is 4.79 Å². The summed E-state index contributed by atoms with van der Waals surface area (Å²) in [5.74, 6) is 1.67. The molecule has 5 heteroatoms. The van der Waals surface area contributed by atoms with E-state index in [4.69, 9.17) is 4.52 Å². The van der Waals surface area contributed by atoms with E-state index in [1.807, 2.05) is 18.7 Å². The topological polar surface area (TPSA) is 59.2 Å². The second-order valence-electron chi connectivity index (χ2n) is 6.86. The lowest BCUT2D eigenvalue weighted by atomic mass is 10.1. The minimum Gasteiger partial charge on any atom is -0.339 e. The zero-order valence-corrected chi connectivity index (χ0v) is 13.6. The van der Waals surface area contributed by atoms with Gasteiger partial charge in [0.05, 0.1) is 5.92 Å². The Labute approximate surface area is 135 Å². The smallest absolute Gasteiger partial charge is 0.232 e. The number of rotatable bonds is 3. The van der Waals surface area contributed by atoms with Crippen LogP contribution in [0.1, 0.15) is 61.4 Å². The average molecular weight is 311 g/mol. The predicted octanol–water partition coefficient (Wildman–Crippen LogP) is 3.20. The number of aromatic nitrogens is 2. The van der Waals surface area contributed by atoms with Crippen molar-refractivity contribution >= 4 is 11.6 Å². The van der Waals surface area contributed by atoms with Gasteiger partial charge in [0, 0.05) is 24.6 Å². The highest BCUT2D eigenvalue weighted by Gasteiger charge is 2.35. The Morgan fingerprint density at radius 2 is 2.09 bits per heavy atom. The standard InChI is InChI=1S/C18H21N3O2/c1-11(2)17-19-18(23-20-17)14-9-16(22)21(10-14)15-7-6-12-4-3-5-13(12)8-15/h6-8,11,14H,3-5,9-10H2,1-2H3/t14-/m1/s1. The van der Waals surface area contributed by atoms with Crippen molar-refractivity contribution in [2.45, 2.75) is 51.4 Å². The maximum atomic E-state index is 12.4. The van der Waals surface area contributed by atoms with E-state index in [0.717, 1.165) is 18.5 Å². The molecule has 2 aliphatic rings. The van der Waals surface area contributed by atoms with Gasteiger partial charge in [-0.1, -0.05) is 25.1 Å². The maximum absolute atomic E-state index is 12.4. The molecule has 1 aliphatic carbocycles. The molecule has 2 aromatic rings. The Morgan fingerprint density at radius 3 is 2.87 bits per heavy atom. The van der Waals surface area contributed by atoms with Gasteiger partial charge < -0.3 is 9.42 Å². The van der Waals surface area contributed by atoms with Gasteiger partial charge in [-0.25, -0.2) is 0 Å². The van der Waals surface area contributed by atoms with E-state index >= 15 is 0 Å². The van der Waals surface area contributed by atoms with Crippen molar-refractivity contribution in [2.24, 2.45) is 0 Å². The van der Waals surface area contributed by atoms with Crippen molar-refractivity contribution in [2.75, 3.05) is 11.4 Å². The Morgan fingerprint density at radius 1 is 1.26 bits per heavy atom. The van der Waals surface area contributed by atoms with Crippen LogP contribution in [0.4, 0.5) is 5.69 Å². The third-order valence-electron chi connectivity index (χ3n) is 4.84. The van der Waals surface area contributed by atoms with Gasteiger partial charge in [0.2, 0.25) is 11.8 Å². The van der Waals surface area contributed by atoms with Gasteiger partial charge >= 0.3 is 0 Å². The SMILES string of the molecule is CC(C)c1noc([C@@H]2CC(=O)N(c3ccc4c(c3)CCC4)C2)n1. The Bertz CT molecular complexity index is 750. The summed E-state index contributed by atoms with van der Waals surface area (Å²) in [4.78, 5) is 18.8. The van der Waals surface area contributed by atoms with E-state index in [1.165, 1.54) is 17.5 Å². The fourth-order valence-corrected chi connectivity index (χ4v) is 3.50. The molecule has 0 N–H and O–H groups in total. The molecule has 5 nitrogen and oxygen atoms in total. The lowest BCUT2D eigenvalue weighted by molar-refractivity contribution is -0.117. The molecule has 1 aromatic heterocycles. The molecule has 1 fully saturated rings. The number of anilines is 1. The molecule has 1 saturated heterocycles. The van der Waals surface area contributed by atoms with Crippen LogP contribution in [0, 0.1) is 0 Å². The van der Waals surface area contributed by atoms with Crippen LogP contribution in [0.3, 0.4) is 0 Å². The second kappa shape index (κ2) is 5.48. The predicted molar refractivity (Wildman–Crippen MR) is 86.6 cm³/mol. The monoisotopic (exact) mass is 311 g/mol. The molecule has 4 rings (SSSR count). The molecule has 0 saturated carbocycles. The van der Waals surface area contributed by atoms with Crippen molar-refractivity contribution in [3.8, 4) is 0 Å². The summed E-state index contributed by atoms with van der Waals surface area (Å²) >= 11 is 0. The molecule has 120 valence electrons. The highest BCUT2D eigenvalue weighted by molar-refractivity contribution is 5.96. The molecule has 0 bridgehead atoms. The average Bonchev–Trinajstić information content (AvgIpc) is 3.25. The van der Waals surface area contributed by atoms with Gasteiger partial charge in [0.25, 0.3) is 0 Å². The fourth-order valence-electron chi connectivity index (χ4n) is 3.50. The molecule has 23 heavy (non-hydrogen) atoms. The van der Waals surface area contributed by atoms with Crippen LogP contribution < -0.4 is 4.90 Å². The van der Waals surface area contributed by atoms with Crippen LogP contribution in [-0.4, -0.2) is 22.6 Å². The molecular formula is C18H21N3O2. The number of carbonyl (C=O) groups is 1. The first-order valence-corrected chi connectivity index (χ1v) is 8.37. The summed E-state index contributed by atoms with van der Waals surface area (Å²) in [5, 5.41) is 4.01. The number of hydrogen-bond donors (Lipinski definition) is 0. The number of amides is 1. The number of benzene rings is 1. The normalized spacial score (nSPS) is 20.6. The van der Waals surface area contributed by atoms with Crippen LogP contribution in [-0.2, 0) is 17.6 Å². The Balaban J connectivity index is 1.56. The summed E-state index contributed by atoms with van der Waals surface area (Å²) in [6.45, 7) is 4.69. The molecule has 1 amide bonds. The largest absolute Gasteiger partial charge is 0.339 e. The lowest BCUT2D eigenvalue weighted by Crippen LogP contribution is -2.24. The zero-order valence-electron chi connectivity index (χ0n) is 13.6. The van der Waals surface area contributed by atoms with Crippen molar-refractivity contribution in [3.63, 3.8) is 0 Å². The first-order chi connectivity index (χ1) is 11.1. The van der Waals surface area contributed by atoms with Gasteiger partial charge in [-0.15, -0.1) is 0 Å². The molecular weight excluding hydrogens is 290 g/mol. The first-order valence-electron chi connectivity index (χ1n) is 8.37. The van der Waals surface area contributed by atoms with Crippen LogP contribution in [0.15, 0.2) is 22.7 Å². The Hall–Kier alpha value is -2.17. The fraction of sp³-hybridized carbons (Fsp3) is 0.500. The second-order valence-corrected chi connectivity index (χ2v) is 6.86. The van der Waals surface area contributed by atoms with E-state index < -0.39 is 0 Å². The van der Waals surface area contributed by atoms with Crippen molar-refractivity contribution < 1.29 is 9.32 Å². The molecule has 0 spiro atoms. The highest BCUT2D eigenvalue weighted by atomic mass is 16.5. The molecule has 0 radical (unpaired) electrons. The summed E-state index contributed by atoms with van der Waals surface area (Å²) in [6.07, 6.45) is 3.94. The quantitative estimate of drug-likeness (QED) is 0.873. The summed E-state index contributed by atoms with van der Waals surface area (Å²) in [6, 6.07) is 6.41. The zero-order chi connectivity index (χ0) is 16.0. The van der Waals surface area contributed by atoms with Gasteiger partial charge in [-0.05, 0) is 42.5 Å². The van der Waals surface area contributed by atoms with Crippen LogP contribution in [0.5, 0.6) is 0 Å². The molecule has 1 atom stereocenters. The van der Waals surface area contributed by atoms with E-state index in [1.54, 1.807) is 0 Å². The van der Waals surface area contributed by atoms with Crippen LogP contribution in [0.2, 0.25) is 0 Å². The van der Waals surface area contributed by atoms with Gasteiger partial charge in [0.1, 0.15) is 0 Å². The lowest BCUT2D eigenvalue weighted by Gasteiger charge is -2.17. The van der Waals surface area contributed by atoms with E-state index in [9.17, 15) is 4.79 Å².